The van der Waals surface area contributed by atoms with Gasteiger partial charge < -0.3 is 32.8 Å². The third kappa shape index (κ3) is 3.25. The van der Waals surface area contributed by atoms with E-state index >= 15 is 0 Å². The van der Waals surface area contributed by atoms with Gasteiger partial charge in [0, 0.05) is 30.1 Å². The molecular formula is C15H30N4O2. The van der Waals surface area contributed by atoms with Gasteiger partial charge in [0.2, 0.25) is 0 Å². The first-order valence-electron chi connectivity index (χ1n) is 8.33. The van der Waals surface area contributed by atoms with Gasteiger partial charge in [-0.25, -0.2) is 0 Å². The van der Waals surface area contributed by atoms with Crippen LogP contribution in [0.25, 0.3) is 0 Å². The van der Waals surface area contributed by atoms with Crippen molar-refractivity contribution in [3.8, 4) is 0 Å². The largest absolute Gasteiger partial charge is 0.393 e. The highest BCUT2D eigenvalue weighted by Gasteiger charge is 2.46. The normalized spacial score (nSPS) is 49.9. The molecule has 2 saturated carbocycles. The molecule has 122 valence electrons. The fourth-order valence-electron chi connectivity index (χ4n) is 4.15. The average molecular weight is 298 g/mol. The van der Waals surface area contributed by atoms with Crippen molar-refractivity contribution in [3.63, 3.8) is 0 Å². The third-order valence-electron chi connectivity index (χ3n) is 5.57. The van der Waals surface area contributed by atoms with Crippen molar-refractivity contribution in [2.75, 3.05) is 0 Å². The van der Waals surface area contributed by atoms with Gasteiger partial charge in [-0.1, -0.05) is 0 Å². The fraction of sp³-hybridized carbons (Fsp3) is 1.00. The molecule has 0 amide bonds. The molecule has 1 unspecified atom stereocenters. The monoisotopic (exact) mass is 298 g/mol. The second-order valence-corrected chi connectivity index (χ2v) is 7.34. The Balaban J connectivity index is 1.69. The van der Waals surface area contributed by atoms with Crippen LogP contribution in [-0.4, -0.2) is 47.6 Å². The van der Waals surface area contributed by atoms with Crippen LogP contribution in [0.15, 0.2) is 0 Å². The zero-order valence-electron chi connectivity index (χ0n) is 12.6. The molecule has 3 rings (SSSR count). The lowest BCUT2D eigenvalue weighted by molar-refractivity contribution is -0.134. The summed E-state index contributed by atoms with van der Waals surface area (Å²) in [5.41, 5.74) is 24.7. The Morgan fingerprint density at radius 1 is 0.952 bits per heavy atom. The Kier molecular flexibility index (Phi) is 4.55. The van der Waals surface area contributed by atoms with Crippen molar-refractivity contribution in [2.45, 2.75) is 81.0 Å². The maximum Gasteiger partial charge on any atom is 0.0798 e. The number of ether oxygens (including phenoxy) is 1. The van der Waals surface area contributed by atoms with Crippen molar-refractivity contribution in [2.24, 2.45) is 34.8 Å². The number of aliphatic hydroxyl groups excluding tert-OH is 1. The molecule has 0 aromatic carbocycles. The second-order valence-electron chi connectivity index (χ2n) is 7.34. The summed E-state index contributed by atoms with van der Waals surface area (Å²) in [4.78, 5) is 0. The number of aliphatic hydroxyl groups is 1. The molecule has 21 heavy (non-hydrogen) atoms. The van der Waals surface area contributed by atoms with E-state index in [2.05, 4.69) is 0 Å². The van der Waals surface area contributed by atoms with Crippen LogP contribution in [0.1, 0.15) is 38.5 Å². The Morgan fingerprint density at radius 3 is 2.29 bits per heavy atom. The van der Waals surface area contributed by atoms with E-state index in [-0.39, 0.29) is 42.3 Å². The first-order chi connectivity index (χ1) is 9.97. The Bertz CT molecular complexity index is 354. The lowest BCUT2D eigenvalue weighted by Crippen LogP contribution is -2.61. The van der Waals surface area contributed by atoms with Crippen molar-refractivity contribution in [1.29, 1.82) is 0 Å². The number of nitrogens with two attached hydrogens (primary N) is 4. The van der Waals surface area contributed by atoms with Crippen LogP contribution in [0.3, 0.4) is 0 Å². The Hall–Kier alpha value is -0.240. The summed E-state index contributed by atoms with van der Waals surface area (Å²) in [6, 6.07) is -0.168. The predicted octanol–water partition coefficient (Wildman–Crippen LogP) is -0.976. The molecule has 8 atom stereocenters. The van der Waals surface area contributed by atoms with Crippen LogP contribution in [0.4, 0.5) is 0 Å². The van der Waals surface area contributed by atoms with Gasteiger partial charge in [-0.2, -0.15) is 0 Å². The van der Waals surface area contributed by atoms with E-state index in [4.69, 9.17) is 27.7 Å². The van der Waals surface area contributed by atoms with E-state index in [0.29, 0.717) is 18.8 Å². The van der Waals surface area contributed by atoms with Crippen molar-refractivity contribution in [1.82, 2.24) is 0 Å². The minimum absolute atomic E-state index is 0.0319. The molecular weight excluding hydrogens is 268 g/mol. The van der Waals surface area contributed by atoms with Crippen molar-refractivity contribution >= 4 is 0 Å². The quantitative estimate of drug-likeness (QED) is 0.455. The first kappa shape index (κ1) is 15.6. The molecule has 1 heterocycles. The van der Waals surface area contributed by atoms with Gasteiger partial charge in [0.1, 0.15) is 0 Å². The standard InChI is InChI=1S/C15H30N4O2/c16-8-5-10(18)13(11(20)6-8)15-9(17)3-4-12(21-15)14(19)7-1-2-7/h7-15,20H,1-6,16-19H2/t8-,9-,10+,11-,12+,13-,14-,15?/m1/s1. The Labute approximate surface area is 126 Å². The summed E-state index contributed by atoms with van der Waals surface area (Å²) in [7, 11) is 0. The predicted molar refractivity (Wildman–Crippen MR) is 81.3 cm³/mol. The van der Waals surface area contributed by atoms with E-state index in [1.807, 2.05) is 0 Å². The van der Waals surface area contributed by atoms with Gasteiger partial charge in [-0.3, -0.25) is 0 Å². The zero-order valence-corrected chi connectivity index (χ0v) is 12.6. The minimum Gasteiger partial charge on any atom is -0.393 e. The van der Waals surface area contributed by atoms with Gasteiger partial charge in [-0.15, -0.1) is 0 Å². The summed E-state index contributed by atoms with van der Waals surface area (Å²) in [6.07, 6.45) is 4.82. The molecule has 2 aliphatic carbocycles. The van der Waals surface area contributed by atoms with Crippen molar-refractivity contribution in [3.05, 3.63) is 0 Å². The lowest BCUT2D eigenvalue weighted by atomic mass is 9.73. The smallest absolute Gasteiger partial charge is 0.0798 e. The fourth-order valence-corrected chi connectivity index (χ4v) is 4.15. The first-order valence-corrected chi connectivity index (χ1v) is 8.33. The summed E-state index contributed by atoms with van der Waals surface area (Å²) in [6.45, 7) is 0. The topological polar surface area (TPSA) is 134 Å². The number of hydrogen-bond donors (Lipinski definition) is 5. The van der Waals surface area contributed by atoms with Crippen LogP contribution in [0, 0.1) is 11.8 Å². The molecule has 9 N–H and O–H groups in total. The molecule has 1 saturated heterocycles. The highest BCUT2D eigenvalue weighted by Crippen LogP contribution is 2.38. The maximum atomic E-state index is 10.4. The molecule has 0 spiro atoms. The molecule has 3 aliphatic rings. The lowest BCUT2D eigenvalue weighted by Gasteiger charge is -2.47. The van der Waals surface area contributed by atoms with Crippen LogP contribution < -0.4 is 22.9 Å². The third-order valence-corrected chi connectivity index (χ3v) is 5.57. The number of hydrogen-bond acceptors (Lipinski definition) is 6. The van der Waals surface area contributed by atoms with E-state index in [1.54, 1.807) is 0 Å². The SMILES string of the molecule is N[C@H]1C[C@@H](O)[C@H](C2O[C@H]([C@H](N)C3CC3)CC[C@H]2N)[C@@H](N)C1. The van der Waals surface area contributed by atoms with Crippen LogP contribution in [-0.2, 0) is 4.74 Å². The van der Waals surface area contributed by atoms with E-state index in [9.17, 15) is 5.11 Å². The van der Waals surface area contributed by atoms with Gasteiger partial charge >= 0.3 is 0 Å². The molecule has 0 aromatic rings. The van der Waals surface area contributed by atoms with Crippen LogP contribution >= 0.6 is 0 Å². The summed E-state index contributed by atoms with van der Waals surface area (Å²) >= 11 is 0. The van der Waals surface area contributed by atoms with Gasteiger partial charge in [-0.05, 0) is 44.4 Å². The Morgan fingerprint density at radius 2 is 1.67 bits per heavy atom. The van der Waals surface area contributed by atoms with Gasteiger partial charge in [0.25, 0.3) is 0 Å². The summed E-state index contributed by atoms with van der Waals surface area (Å²) < 4.78 is 6.25. The second kappa shape index (κ2) is 6.10. The molecule has 3 fully saturated rings. The molecule has 0 radical (unpaired) electrons. The summed E-state index contributed by atoms with van der Waals surface area (Å²) in [5.74, 6) is 0.470. The zero-order chi connectivity index (χ0) is 15.1. The van der Waals surface area contributed by atoms with Gasteiger partial charge in [0.15, 0.2) is 0 Å². The van der Waals surface area contributed by atoms with Crippen LogP contribution in [0.5, 0.6) is 0 Å². The minimum atomic E-state index is -0.532. The molecule has 1 aliphatic heterocycles. The van der Waals surface area contributed by atoms with E-state index < -0.39 is 6.10 Å². The summed E-state index contributed by atoms with van der Waals surface area (Å²) in [5, 5.41) is 10.4. The van der Waals surface area contributed by atoms with Crippen LogP contribution in [0.2, 0.25) is 0 Å². The highest BCUT2D eigenvalue weighted by atomic mass is 16.5. The van der Waals surface area contributed by atoms with Crippen molar-refractivity contribution < 1.29 is 9.84 Å². The molecule has 6 heteroatoms. The molecule has 0 bridgehead atoms. The maximum absolute atomic E-state index is 10.4. The van der Waals surface area contributed by atoms with E-state index in [1.165, 1.54) is 12.8 Å². The molecule has 6 nitrogen and oxygen atoms in total. The van der Waals surface area contributed by atoms with Gasteiger partial charge in [0.05, 0.1) is 18.3 Å². The van der Waals surface area contributed by atoms with E-state index in [0.717, 1.165) is 12.8 Å². The molecule has 0 aromatic heterocycles. The highest BCUT2D eigenvalue weighted by molar-refractivity contribution is 5.01. The number of rotatable bonds is 3. The average Bonchev–Trinajstić information content (AvgIpc) is 3.23.